The SMILES string of the molecule is COC(=O)c1ccc(CN[C@H](C)c2ccc(Cl)cc2)o1. The van der Waals surface area contributed by atoms with Crippen LogP contribution in [0.3, 0.4) is 0 Å². The summed E-state index contributed by atoms with van der Waals surface area (Å²) in [5.41, 5.74) is 1.13. The van der Waals surface area contributed by atoms with E-state index < -0.39 is 5.97 Å². The molecule has 1 heterocycles. The van der Waals surface area contributed by atoms with Crippen molar-refractivity contribution in [3.63, 3.8) is 0 Å². The standard InChI is InChI=1S/C15H16ClNO3/c1-10(11-3-5-12(16)6-4-11)17-9-13-7-8-14(20-13)15(18)19-2/h3-8,10,17H,9H2,1-2H3/t10-/m1/s1. The minimum atomic E-state index is -0.470. The quantitative estimate of drug-likeness (QED) is 0.856. The maximum atomic E-state index is 11.3. The molecule has 4 nitrogen and oxygen atoms in total. The lowest BCUT2D eigenvalue weighted by molar-refractivity contribution is 0.0563. The van der Waals surface area contributed by atoms with Gasteiger partial charge in [-0.25, -0.2) is 4.79 Å². The van der Waals surface area contributed by atoms with E-state index in [-0.39, 0.29) is 11.8 Å². The molecule has 0 bridgehead atoms. The van der Waals surface area contributed by atoms with Crippen molar-refractivity contribution in [2.75, 3.05) is 7.11 Å². The van der Waals surface area contributed by atoms with Crippen molar-refractivity contribution in [1.82, 2.24) is 5.32 Å². The molecule has 0 spiro atoms. The Morgan fingerprint density at radius 3 is 2.65 bits per heavy atom. The molecule has 0 unspecified atom stereocenters. The second-order valence-electron chi connectivity index (χ2n) is 4.41. The second kappa shape index (κ2) is 6.59. The first-order valence-electron chi connectivity index (χ1n) is 6.26. The Morgan fingerprint density at radius 2 is 2.00 bits per heavy atom. The highest BCUT2D eigenvalue weighted by Crippen LogP contribution is 2.17. The van der Waals surface area contributed by atoms with Crippen molar-refractivity contribution in [2.45, 2.75) is 19.5 Å². The molecule has 0 saturated carbocycles. The summed E-state index contributed by atoms with van der Waals surface area (Å²) >= 11 is 5.86. The van der Waals surface area contributed by atoms with Gasteiger partial charge in [-0.15, -0.1) is 0 Å². The molecule has 2 rings (SSSR count). The molecular weight excluding hydrogens is 278 g/mol. The Bertz CT molecular complexity index is 577. The molecule has 0 amide bonds. The van der Waals surface area contributed by atoms with Crippen LogP contribution in [0.2, 0.25) is 5.02 Å². The van der Waals surface area contributed by atoms with E-state index in [4.69, 9.17) is 16.0 Å². The third kappa shape index (κ3) is 3.62. The molecule has 1 atom stereocenters. The summed E-state index contributed by atoms with van der Waals surface area (Å²) in [6, 6.07) is 11.2. The van der Waals surface area contributed by atoms with Crippen molar-refractivity contribution >= 4 is 17.6 Å². The first kappa shape index (κ1) is 14.6. The van der Waals surface area contributed by atoms with Gasteiger partial charge in [-0.1, -0.05) is 23.7 Å². The predicted octanol–water partition coefficient (Wildman–Crippen LogP) is 3.57. The van der Waals surface area contributed by atoms with Crippen molar-refractivity contribution in [3.8, 4) is 0 Å². The molecular formula is C15H16ClNO3. The van der Waals surface area contributed by atoms with Gasteiger partial charge in [0, 0.05) is 11.1 Å². The molecule has 106 valence electrons. The summed E-state index contributed by atoms with van der Waals surface area (Å²) < 4.78 is 9.97. The summed E-state index contributed by atoms with van der Waals surface area (Å²) in [5.74, 6) is 0.427. The van der Waals surface area contributed by atoms with Crippen LogP contribution >= 0.6 is 11.6 Å². The van der Waals surface area contributed by atoms with E-state index in [1.54, 1.807) is 12.1 Å². The third-order valence-electron chi connectivity index (χ3n) is 3.00. The van der Waals surface area contributed by atoms with E-state index in [2.05, 4.69) is 10.1 Å². The minimum absolute atomic E-state index is 0.152. The maximum absolute atomic E-state index is 11.3. The zero-order chi connectivity index (χ0) is 14.5. The number of carbonyl (C=O) groups is 1. The van der Waals surface area contributed by atoms with Crippen molar-refractivity contribution in [1.29, 1.82) is 0 Å². The van der Waals surface area contributed by atoms with Gasteiger partial charge in [0.25, 0.3) is 0 Å². The average Bonchev–Trinajstić information content (AvgIpc) is 2.93. The zero-order valence-corrected chi connectivity index (χ0v) is 12.1. The molecule has 2 aromatic rings. The molecule has 0 fully saturated rings. The van der Waals surface area contributed by atoms with Gasteiger partial charge in [0.05, 0.1) is 13.7 Å². The normalized spacial score (nSPS) is 12.2. The molecule has 0 aliphatic rings. The van der Waals surface area contributed by atoms with Crippen LogP contribution in [0.1, 0.15) is 34.8 Å². The maximum Gasteiger partial charge on any atom is 0.373 e. The largest absolute Gasteiger partial charge is 0.463 e. The van der Waals surface area contributed by atoms with Crippen LogP contribution in [0.15, 0.2) is 40.8 Å². The van der Waals surface area contributed by atoms with Crippen LogP contribution in [-0.2, 0) is 11.3 Å². The van der Waals surface area contributed by atoms with Gasteiger partial charge >= 0.3 is 5.97 Å². The summed E-state index contributed by atoms with van der Waals surface area (Å²) in [6.45, 7) is 2.58. The van der Waals surface area contributed by atoms with Crippen LogP contribution in [0.25, 0.3) is 0 Å². The fourth-order valence-electron chi connectivity index (χ4n) is 1.81. The van der Waals surface area contributed by atoms with Gasteiger partial charge in [0.1, 0.15) is 5.76 Å². The van der Waals surface area contributed by atoms with Gasteiger partial charge in [0.15, 0.2) is 0 Å². The fourth-order valence-corrected chi connectivity index (χ4v) is 1.93. The van der Waals surface area contributed by atoms with E-state index in [9.17, 15) is 4.79 Å². The molecule has 0 radical (unpaired) electrons. The number of furan rings is 1. The van der Waals surface area contributed by atoms with E-state index in [0.29, 0.717) is 12.3 Å². The molecule has 0 saturated heterocycles. The van der Waals surface area contributed by atoms with Crippen LogP contribution in [0.4, 0.5) is 0 Å². The number of carbonyl (C=O) groups excluding carboxylic acids is 1. The smallest absolute Gasteiger partial charge is 0.373 e. The first-order chi connectivity index (χ1) is 9.60. The number of halogens is 1. The summed E-state index contributed by atoms with van der Waals surface area (Å²) in [7, 11) is 1.32. The number of esters is 1. The highest BCUT2D eigenvalue weighted by atomic mass is 35.5. The topological polar surface area (TPSA) is 51.5 Å². The van der Waals surface area contributed by atoms with Gasteiger partial charge in [0.2, 0.25) is 5.76 Å². The number of methoxy groups -OCH3 is 1. The van der Waals surface area contributed by atoms with E-state index in [1.807, 2.05) is 31.2 Å². The second-order valence-corrected chi connectivity index (χ2v) is 4.85. The highest BCUT2D eigenvalue weighted by molar-refractivity contribution is 6.30. The van der Waals surface area contributed by atoms with Crippen LogP contribution < -0.4 is 5.32 Å². The van der Waals surface area contributed by atoms with Crippen molar-refractivity contribution in [3.05, 3.63) is 58.5 Å². The molecule has 20 heavy (non-hydrogen) atoms. The molecule has 5 heteroatoms. The minimum Gasteiger partial charge on any atom is -0.463 e. The summed E-state index contributed by atoms with van der Waals surface area (Å²) in [4.78, 5) is 11.3. The van der Waals surface area contributed by atoms with E-state index >= 15 is 0 Å². The lowest BCUT2D eigenvalue weighted by Crippen LogP contribution is -2.17. The summed E-state index contributed by atoms with van der Waals surface area (Å²) in [6.07, 6.45) is 0. The Morgan fingerprint density at radius 1 is 1.30 bits per heavy atom. The van der Waals surface area contributed by atoms with Crippen molar-refractivity contribution in [2.24, 2.45) is 0 Å². The van der Waals surface area contributed by atoms with E-state index in [0.717, 1.165) is 10.6 Å². The number of ether oxygens (including phenoxy) is 1. The Labute approximate surface area is 122 Å². The van der Waals surface area contributed by atoms with Gasteiger partial charge in [-0.3, -0.25) is 0 Å². The number of nitrogens with one attached hydrogen (secondary N) is 1. The van der Waals surface area contributed by atoms with Gasteiger partial charge in [-0.05, 0) is 36.8 Å². The highest BCUT2D eigenvalue weighted by Gasteiger charge is 2.12. The zero-order valence-electron chi connectivity index (χ0n) is 11.4. The molecule has 1 aromatic heterocycles. The van der Waals surface area contributed by atoms with Crippen LogP contribution in [-0.4, -0.2) is 13.1 Å². The Kier molecular flexibility index (Phi) is 4.82. The van der Waals surface area contributed by atoms with Crippen LogP contribution in [0, 0.1) is 0 Å². The molecule has 1 aromatic carbocycles. The third-order valence-corrected chi connectivity index (χ3v) is 3.25. The number of rotatable bonds is 5. The first-order valence-corrected chi connectivity index (χ1v) is 6.64. The van der Waals surface area contributed by atoms with Crippen LogP contribution in [0.5, 0.6) is 0 Å². The molecule has 0 aliphatic heterocycles. The van der Waals surface area contributed by atoms with Gasteiger partial charge in [-0.2, -0.15) is 0 Å². The number of hydrogen-bond donors (Lipinski definition) is 1. The monoisotopic (exact) mass is 293 g/mol. The number of benzene rings is 1. The molecule has 0 aliphatic carbocycles. The van der Waals surface area contributed by atoms with Crippen molar-refractivity contribution < 1.29 is 13.9 Å². The Balaban J connectivity index is 1.93. The predicted molar refractivity (Wildman–Crippen MR) is 76.8 cm³/mol. The van der Waals surface area contributed by atoms with E-state index in [1.165, 1.54) is 7.11 Å². The fraction of sp³-hybridized carbons (Fsp3) is 0.267. The summed E-state index contributed by atoms with van der Waals surface area (Å²) in [5, 5.41) is 4.03. The lowest BCUT2D eigenvalue weighted by atomic mass is 10.1. The number of hydrogen-bond acceptors (Lipinski definition) is 4. The lowest BCUT2D eigenvalue weighted by Gasteiger charge is -2.13. The Hall–Kier alpha value is -1.78. The van der Waals surface area contributed by atoms with Gasteiger partial charge < -0.3 is 14.5 Å². The molecule has 1 N–H and O–H groups in total. The average molecular weight is 294 g/mol.